The van der Waals surface area contributed by atoms with Crippen LogP contribution in [0.5, 0.6) is 5.75 Å². The first kappa shape index (κ1) is 21.2. The smallest absolute Gasteiger partial charge is 0.229 e. The van der Waals surface area contributed by atoms with Crippen molar-refractivity contribution in [2.75, 3.05) is 31.2 Å². The van der Waals surface area contributed by atoms with Gasteiger partial charge in [-0.3, -0.25) is 0 Å². The molecule has 160 valence electrons. The fraction of sp³-hybridized carbons (Fsp3) is 0.524. The summed E-state index contributed by atoms with van der Waals surface area (Å²) in [5, 5.41) is 2.70. The highest BCUT2D eigenvalue weighted by Gasteiger charge is 2.29. The summed E-state index contributed by atoms with van der Waals surface area (Å²) in [5.41, 5.74) is 5.67. The number of benzene rings is 1. The van der Waals surface area contributed by atoms with Crippen molar-refractivity contribution in [1.29, 1.82) is 0 Å². The van der Waals surface area contributed by atoms with Crippen LogP contribution in [0.15, 0.2) is 24.4 Å². The third-order valence-electron chi connectivity index (χ3n) is 5.56. The van der Waals surface area contributed by atoms with E-state index in [1.807, 2.05) is 0 Å². The van der Waals surface area contributed by atoms with Crippen molar-refractivity contribution in [3.8, 4) is 5.75 Å². The zero-order valence-electron chi connectivity index (χ0n) is 17.0. The zero-order valence-corrected chi connectivity index (χ0v) is 17.0. The number of hydrogen-bond donors (Lipinski definition) is 2. The third kappa shape index (κ3) is 5.76. The van der Waals surface area contributed by atoms with Gasteiger partial charge in [-0.2, -0.15) is 4.98 Å². The minimum atomic E-state index is -0.711. The molecule has 1 aromatic carbocycles. The van der Waals surface area contributed by atoms with Gasteiger partial charge in [0.2, 0.25) is 5.95 Å². The van der Waals surface area contributed by atoms with E-state index >= 15 is 0 Å². The number of methoxy groups -OCH3 is 1. The predicted molar refractivity (Wildman–Crippen MR) is 112 cm³/mol. The Balaban J connectivity index is 0.000000229. The van der Waals surface area contributed by atoms with Crippen LogP contribution < -0.4 is 15.8 Å². The lowest BCUT2D eigenvalue weighted by molar-refractivity contribution is 0.0674. The summed E-state index contributed by atoms with van der Waals surface area (Å²) in [7, 11) is 1.42. The van der Waals surface area contributed by atoms with Gasteiger partial charge in [0.15, 0.2) is 11.6 Å². The van der Waals surface area contributed by atoms with Crippen LogP contribution in [0.25, 0.3) is 0 Å². The maximum atomic E-state index is 13.2. The molecule has 3 heterocycles. The van der Waals surface area contributed by atoms with Gasteiger partial charge >= 0.3 is 0 Å². The van der Waals surface area contributed by atoms with E-state index < -0.39 is 11.6 Å². The molecule has 2 aromatic rings. The molecule has 0 radical (unpaired) electrons. The molecule has 2 aliphatic heterocycles. The molecule has 2 aliphatic rings. The first-order valence-electron chi connectivity index (χ1n) is 10.1. The lowest BCUT2D eigenvalue weighted by atomic mass is 9.85. The van der Waals surface area contributed by atoms with E-state index in [0.717, 1.165) is 18.2 Å². The van der Waals surface area contributed by atoms with Crippen molar-refractivity contribution in [3.05, 3.63) is 36.0 Å². The molecule has 2 atom stereocenters. The van der Waals surface area contributed by atoms with E-state index in [-0.39, 0.29) is 13.2 Å². The van der Waals surface area contributed by atoms with Crippen LogP contribution in [0, 0.1) is 17.6 Å². The Morgan fingerprint density at radius 3 is 2.69 bits per heavy atom. The summed E-state index contributed by atoms with van der Waals surface area (Å²) in [4.78, 5) is 10.1. The van der Waals surface area contributed by atoms with E-state index in [4.69, 9.17) is 10.5 Å². The van der Waals surface area contributed by atoms with Crippen molar-refractivity contribution < 1.29 is 14.9 Å². The van der Waals surface area contributed by atoms with E-state index in [1.165, 1.54) is 64.4 Å². The molecule has 0 bridgehead atoms. The number of piperidine rings is 2. The number of ether oxygens (including phenoxy) is 1. The van der Waals surface area contributed by atoms with E-state index in [1.54, 1.807) is 6.07 Å². The van der Waals surface area contributed by atoms with Gasteiger partial charge in [0.1, 0.15) is 11.6 Å². The highest BCUT2D eigenvalue weighted by atomic mass is 19.1. The summed E-state index contributed by atoms with van der Waals surface area (Å²) >= 11 is 0. The van der Waals surface area contributed by atoms with Crippen molar-refractivity contribution >= 4 is 17.5 Å². The molecule has 2 saturated heterocycles. The summed E-state index contributed by atoms with van der Waals surface area (Å²) in [6, 6.07) is 4.96. The zero-order chi connectivity index (χ0) is 20.8. The predicted octanol–water partition coefficient (Wildman–Crippen LogP) is 4.61. The van der Waals surface area contributed by atoms with Crippen LogP contribution in [0.1, 0.15) is 40.5 Å². The molecule has 2 fully saturated rings. The number of fused-ring (bicyclic) bond motifs is 1. The standard InChI is InChI=1S/C11H10F2N4O.C10H19N.H2/c1-18-8-3-6(12)2-7(4-8)16-11-15-5-9(13)10(14)17-11;1-9-5-4-8-11-7-3-2-6-10(9)11;/h2-5H,1H3,(H3,14,15,16,17);9-10H,2-8H2,1H3;1H/t;9-,10-;/m.1./s1. The minimum absolute atomic E-state index is 0. The monoisotopic (exact) mass is 407 g/mol. The average molecular weight is 408 g/mol. The third-order valence-corrected chi connectivity index (χ3v) is 5.56. The number of rotatable bonds is 3. The Morgan fingerprint density at radius 2 is 1.97 bits per heavy atom. The Hall–Kier alpha value is -2.48. The summed E-state index contributed by atoms with van der Waals surface area (Å²) in [6.07, 6.45) is 8.25. The molecule has 1 aromatic heterocycles. The lowest BCUT2D eigenvalue weighted by Crippen LogP contribution is -2.46. The number of nitrogens with zero attached hydrogens (tertiary/aromatic N) is 3. The van der Waals surface area contributed by atoms with Crippen molar-refractivity contribution in [2.45, 2.75) is 45.1 Å². The quantitative estimate of drug-likeness (QED) is 0.774. The second kappa shape index (κ2) is 9.82. The summed E-state index contributed by atoms with van der Waals surface area (Å²) in [6.45, 7) is 5.20. The number of halogens is 2. The van der Waals surface area contributed by atoms with Gasteiger partial charge in [0, 0.05) is 25.3 Å². The van der Waals surface area contributed by atoms with Crippen LogP contribution in [-0.4, -0.2) is 41.1 Å². The molecule has 4 rings (SSSR count). The molecule has 6 nitrogen and oxygen atoms in total. The largest absolute Gasteiger partial charge is 0.497 e. The maximum Gasteiger partial charge on any atom is 0.229 e. The summed E-state index contributed by atoms with van der Waals surface area (Å²) < 4.78 is 31.0. The molecule has 0 amide bonds. The van der Waals surface area contributed by atoms with E-state index in [9.17, 15) is 8.78 Å². The molecule has 0 unspecified atom stereocenters. The van der Waals surface area contributed by atoms with Crippen LogP contribution in [-0.2, 0) is 0 Å². The van der Waals surface area contributed by atoms with Gasteiger partial charge in [0.25, 0.3) is 0 Å². The van der Waals surface area contributed by atoms with Crippen LogP contribution in [0.4, 0.5) is 26.2 Å². The Morgan fingerprint density at radius 1 is 1.17 bits per heavy atom. The van der Waals surface area contributed by atoms with Gasteiger partial charge < -0.3 is 20.7 Å². The Bertz CT molecular complexity index is 824. The van der Waals surface area contributed by atoms with Gasteiger partial charge in [-0.05, 0) is 50.8 Å². The number of aromatic nitrogens is 2. The van der Waals surface area contributed by atoms with Gasteiger partial charge in [-0.25, -0.2) is 13.8 Å². The lowest BCUT2D eigenvalue weighted by Gasteiger charge is -2.43. The van der Waals surface area contributed by atoms with Crippen molar-refractivity contribution in [3.63, 3.8) is 0 Å². The molecule has 0 aliphatic carbocycles. The van der Waals surface area contributed by atoms with Gasteiger partial charge in [-0.15, -0.1) is 0 Å². The SMILES string of the molecule is COc1cc(F)cc(Nc2ncc(F)c(N)n2)c1.C[C@@H]1CCCN2CCCC[C@H]12.[HH]. The van der Waals surface area contributed by atoms with Crippen molar-refractivity contribution in [2.24, 2.45) is 5.92 Å². The molecule has 8 heteroatoms. The van der Waals surface area contributed by atoms with Gasteiger partial charge in [0.05, 0.1) is 13.3 Å². The van der Waals surface area contributed by atoms with Gasteiger partial charge in [-0.1, -0.05) is 13.3 Å². The molecular formula is C21H31F2N5O. The highest BCUT2D eigenvalue weighted by molar-refractivity contribution is 5.57. The minimum Gasteiger partial charge on any atom is -0.497 e. The Labute approximate surface area is 172 Å². The molecule has 0 spiro atoms. The fourth-order valence-corrected chi connectivity index (χ4v) is 4.07. The first-order chi connectivity index (χ1) is 14.0. The second-order valence-electron chi connectivity index (χ2n) is 7.65. The number of nitrogen functional groups attached to an aromatic ring is 1. The summed E-state index contributed by atoms with van der Waals surface area (Å²) in [5.74, 6) is -0.0849. The number of nitrogens with two attached hydrogens (primary N) is 1. The number of hydrogen-bond acceptors (Lipinski definition) is 6. The maximum absolute atomic E-state index is 13.2. The van der Waals surface area contributed by atoms with Crippen LogP contribution in [0.2, 0.25) is 0 Å². The number of nitrogens with one attached hydrogen (secondary N) is 1. The van der Waals surface area contributed by atoms with E-state index in [2.05, 4.69) is 27.1 Å². The second-order valence-corrected chi connectivity index (χ2v) is 7.65. The molecule has 0 saturated carbocycles. The highest BCUT2D eigenvalue weighted by Crippen LogP contribution is 2.30. The van der Waals surface area contributed by atoms with Crippen LogP contribution >= 0.6 is 0 Å². The van der Waals surface area contributed by atoms with Crippen LogP contribution in [0.3, 0.4) is 0 Å². The fourth-order valence-electron chi connectivity index (χ4n) is 4.07. The van der Waals surface area contributed by atoms with Crippen molar-refractivity contribution in [1.82, 2.24) is 14.9 Å². The molecule has 29 heavy (non-hydrogen) atoms. The topological polar surface area (TPSA) is 76.3 Å². The first-order valence-corrected chi connectivity index (χ1v) is 10.1. The number of anilines is 3. The average Bonchev–Trinajstić information content (AvgIpc) is 2.71. The molecular weight excluding hydrogens is 376 g/mol. The Kier molecular flexibility index (Phi) is 7.19. The molecule has 3 N–H and O–H groups in total. The van der Waals surface area contributed by atoms with E-state index in [0.29, 0.717) is 11.4 Å². The normalized spacial score (nSPS) is 21.5.